The van der Waals surface area contributed by atoms with Gasteiger partial charge in [-0.2, -0.15) is 0 Å². The van der Waals surface area contributed by atoms with Gasteiger partial charge in [-0.3, -0.25) is 20.2 Å². The van der Waals surface area contributed by atoms with Crippen molar-refractivity contribution < 1.29 is 29.4 Å². The summed E-state index contributed by atoms with van der Waals surface area (Å²) in [5.41, 5.74) is 0.812. The zero-order chi connectivity index (χ0) is 17.4. The quantitative estimate of drug-likeness (QED) is 0.572. The third kappa shape index (κ3) is 2.56. The topological polar surface area (TPSA) is 133 Å². The van der Waals surface area contributed by atoms with E-state index in [1.54, 1.807) is 0 Å². The highest BCUT2D eigenvalue weighted by Crippen LogP contribution is 2.30. The molecule has 0 bridgehead atoms. The predicted octanol–water partition coefficient (Wildman–Crippen LogP) is 2.64. The Morgan fingerprint density at radius 3 is 1.38 bits per heavy atom. The number of anilines is 2. The summed E-state index contributed by atoms with van der Waals surface area (Å²) in [6, 6.07) is 8.08. The largest absolute Gasteiger partial charge is 0.465 e. The van der Waals surface area contributed by atoms with E-state index in [0.29, 0.717) is 0 Å². The lowest BCUT2D eigenvalue weighted by Gasteiger charge is -2.19. The molecule has 2 aromatic rings. The van der Waals surface area contributed by atoms with Gasteiger partial charge in [0.15, 0.2) is 11.6 Å². The average molecular weight is 326 g/mol. The maximum Gasteiger partial charge on any atom is 0.409 e. The first-order valence-corrected chi connectivity index (χ1v) is 6.74. The van der Waals surface area contributed by atoms with Gasteiger partial charge in [0.25, 0.3) is 0 Å². The first-order valence-electron chi connectivity index (χ1n) is 6.74. The Hall–Kier alpha value is -3.68. The van der Waals surface area contributed by atoms with E-state index in [1.807, 2.05) is 0 Å². The molecule has 0 aromatic heterocycles. The minimum absolute atomic E-state index is 0.0951. The third-order valence-corrected chi connectivity index (χ3v) is 3.52. The van der Waals surface area contributed by atoms with E-state index in [1.165, 1.54) is 36.4 Å². The Balaban J connectivity index is 2.07. The smallest absolute Gasteiger partial charge is 0.409 e. The van der Waals surface area contributed by atoms with Crippen molar-refractivity contribution in [2.75, 3.05) is 10.6 Å². The molecule has 8 nitrogen and oxygen atoms in total. The number of carbonyl (C=O) groups is 4. The van der Waals surface area contributed by atoms with Crippen molar-refractivity contribution in [2.24, 2.45) is 0 Å². The van der Waals surface area contributed by atoms with E-state index in [2.05, 4.69) is 10.6 Å². The molecule has 0 aliphatic heterocycles. The van der Waals surface area contributed by atoms with Crippen LogP contribution in [0, 0.1) is 0 Å². The predicted molar refractivity (Wildman–Crippen MR) is 83.0 cm³/mol. The molecule has 0 saturated carbocycles. The lowest BCUT2D eigenvalue weighted by molar-refractivity contribution is 0.0979. The number of carboxylic acid groups (broad SMARTS) is 2. The van der Waals surface area contributed by atoms with Gasteiger partial charge in [0.05, 0.1) is 0 Å². The van der Waals surface area contributed by atoms with Crippen LogP contribution in [0.2, 0.25) is 0 Å². The second-order valence-electron chi connectivity index (χ2n) is 5.04. The highest BCUT2D eigenvalue weighted by Gasteiger charge is 2.30. The third-order valence-electron chi connectivity index (χ3n) is 3.52. The van der Waals surface area contributed by atoms with Crippen LogP contribution >= 0.6 is 0 Å². The average Bonchev–Trinajstić information content (AvgIpc) is 2.51. The Morgan fingerprint density at radius 1 is 0.667 bits per heavy atom. The SMILES string of the molecule is O=C(O)Nc1ccc2c(c1)C(=O)c1ccc(NC(=O)O)cc1C2=O. The van der Waals surface area contributed by atoms with Crippen molar-refractivity contribution in [3.8, 4) is 0 Å². The van der Waals surface area contributed by atoms with Crippen molar-refractivity contribution in [1.82, 2.24) is 0 Å². The van der Waals surface area contributed by atoms with Crippen LogP contribution < -0.4 is 10.6 Å². The first-order chi connectivity index (χ1) is 11.4. The number of amides is 2. The molecule has 1 aliphatic rings. The normalized spacial score (nSPS) is 12.2. The molecule has 0 fully saturated rings. The van der Waals surface area contributed by atoms with Crippen LogP contribution in [-0.2, 0) is 0 Å². The standard InChI is InChI=1S/C16H10N2O6/c19-13-9-3-1-7(17-15(21)22)5-11(9)14(20)10-4-2-8(6-12(10)13)18-16(23)24/h1-6,17-18H,(H,21,22)(H,23,24). The van der Waals surface area contributed by atoms with E-state index < -0.39 is 23.8 Å². The molecule has 0 heterocycles. The first kappa shape index (κ1) is 15.2. The molecule has 1 aliphatic carbocycles. The highest BCUT2D eigenvalue weighted by atomic mass is 16.4. The summed E-state index contributed by atoms with van der Waals surface area (Å²) in [6.45, 7) is 0. The van der Waals surface area contributed by atoms with Crippen molar-refractivity contribution in [2.45, 2.75) is 0 Å². The van der Waals surface area contributed by atoms with Crippen LogP contribution in [0.1, 0.15) is 31.8 Å². The minimum atomic E-state index is -1.28. The summed E-state index contributed by atoms with van der Waals surface area (Å²) in [5.74, 6) is -0.869. The maximum atomic E-state index is 12.6. The van der Waals surface area contributed by atoms with Crippen LogP contribution in [0.4, 0.5) is 21.0 Å². The van der Waals surface area contributed by atoms with Crippen LogP contribution in [0.25, 0.3) is 0 Å². The summed E-state index contributed by atoms with van der Waals surface area (Å²) >= 11 is 0. The summed E-state index contributed by atoms with van der Waals surface area (Å²) < 4.78 is 0. The number of nitrogens with one attached hydrogen (secondary N) is 2. The van der Waals surface area contributed by atoms with Crippen molar-refractivity contribution in [1.29, 1.82) is 0 Å². The van der Waals surface area contributed by atoms with Crippen LogP contribution in [0.5, 0.6) is 0 Å². The van der Waals surface area contributed by atoms with Gasteiger partial charge in [-0.05, 0) is 36.4 Å². The number of hydrogen-bond acceptors (Lipinski definition) is 4. The summed E-state index contributed by atoms with van der Waals surface area (Å²) in [7, 11) is 0. The number of fused-ring (bicyclic) bond motifs is 2. The lowest BCUT2D eigenvalue weighted by atomic mass is 9.83. The van der Waals surface area contributed by atoms with Crippen molar-refractivity contribution in [3.05, 3.63) is 58.7 Å². The fourth-order valence-electron chi connectivity index (χ4n) is 2.55. The van der Waals surface area contributed by atoms with Gasteiger partial charge >= 0.3 is 12.2 Å². The molecular weight excluding hydrogens is 316 g/mol. The molecule has 24 heavy (non-hydrogen) atoms. The van der Waals surface area contributed by atoms with E-state index in [-0.39, 0.29) is 33.6 Å². The molecule has 2 amide bonds. The molecule has 3 rings (SSSR count). The van der Waals surface area contributed by atoms with Gasteiger partial charge in [0.1, 0.15) is 0 Å². The number of hydrogen-bond donors (Lipinski definition) is 4. The van der Waals surface area contributed by atoms with E-state index in [0.717, 1.165) is 0 Å². The Kier molecular flexibility index (Phi) is 3.49. The Bertz CT molecular complexity index is 843. The molecule has 2 aromatic carbocycles. The molecule has 0 atom stereocenters. The Morgan fingerprint density at radius 2 is 1.04 bits per heavy atom. The zero-order valence-electron chi connectivity index (χ0n) is 12.0. The summed E-state index contributed by atoms with van der Waals surface area (Å²) in [4.78, 5) is 46.5. The number of rotatable bonds is 2. The number of carbonyl (C=O) groups excluding carboxylic acids is 2. The Labute approximate surface area is 134 Å². The molecular formula is C16H10N2O6. The molecule has 8 heteroatoms. The molecule has 0 saturated heterocycles. The van der Waals surface area contributed by atoms with Gasteiger partial charge in [-0.1, -0.05) is 0 Å². The fraction of sp³-hybridized carbons (Fsp3) is 0. The van der Waals surface area contributed by atoms with Crippen LogP contribution in [-0.4, -0.2) is 34.0 Å². The summed E-state index contributed by atoms with van der Waals surface area (Å²) in [6.07, 6.45) is -2.57. The van der Waals surface area contributed by atoms with Gasteiger partial charge in [-0.15, -0.1) is 0 Å². The highest BCUT2D eigenvalue weighted by molar-refractivity contribution is 6.29. The van der Waals surface area contributed by atoms with Crippen molar-refractivity contribution in [3.63, 3.8) is 0 Å². The van der Waals surface area contributed by atoms with E-state index >= 15 is 0 Å². The molecule has 0 radical (unpaired) electrons. The fourth-order valence-corrected chi connectivity index (χ4v) is 2.55. The van der Waals surface area contributed by atoms with E-state index in [4.69, 9.17) is 10.2 Å². The van der Waals surface area contributed by atoms with Crippen LogP contribution in [0.15, 0.2) is 36.4 Å². The second kappa shape index (κ2) is 5.51. The van der Waals surface area contributed by atoms with Gasteiger partial charge in [0, 0.05) is 33.6 Å². The van der Waals surface area contributed by atoms with Gasteiger partial charge in [0.2, 0.25) is 0 Å². The maximum absolute atomic E-state index is 12.6. The second-order valence-corrected chi connectivity index (χ2v) is 5.04. The number of ketones is 2. The van der Waals surface area contributed by atoms with Crippen LogP contribution in [0.3, 0.4) is 0 Å². The monoisotopic (exact) mass is 326 g/mol. The van der Waals surface area contributed by atoms with Gasteiger partial charge in [-0.25, -0.2) is 9.59 Å². The number of benzene rings is 2. The molecule has 0 spiro atoms. The summed E-state index contributed by atoms with van der Waals surface area (Å²) in [5, 5.41) is 21.7. The zero-order valence-corrected chi connectivity index (χ0v) is 12.0. The van der Waals surface area contributed by atoms with E-state index in [9.17, 15) is 19.2 Å². The lowest BCUT2D eigenvalue weighted by Crippen LogP contribution is -2.22. The molecule has 4 N–H and O–H groups in total. The molecule has 120 valence electrons. The molecule has 0 unspecified atom stereocenters. The van der Waals surface area contributed by atoms with Gasteiger partial charge < -0.3 is 10.2 Å². The van der Waals surface area contributed by atoms with Crippen molar-refractivity contribution >= 4 is 35.1 Å². The minimum Gasteiger partial charge on any atom is -0.465 e.